The van der Waals surface area contributed by atoms with E-state index in [0.29, 0.717) is 5.54 Å². The fourth-order valence-electron chi connectivity index (χ4n) is 3.22. The molecule has 82 valence electrons. The number of rotatable bonds is 0. The maximum atomic E-state index is 3.86. The van der Waals surface area contributed by atoms with Crippen LogP contribution in [0, 0.1) is 0 Å². The van der Waals surface area contributed by atoms with Gasteiger partial charge in [-0.25, -0.2) is 0 Å². The fraction of sp³-hybridized carbons (Fsp3) is 1.00. The Morgan fingerprint density at radius 1 is 0.571 bits per heavy atom. The van der Waals surface area contributed by atoms with E-state index in [0.717, 1.165) is 0 Å². The molecule has 0 radical (unpaired) electrons. The van der Waals surface area contributed by atoms with Gasteiger partial charge >= 0.3 is 0 Å². The molecule has 1 aliphatic carbocycles. The lowest BCUT2D eigenvalue weighted by atomic mass is 9.89. The molecular weight excluding hydrogens is 170 g/mol. The van der Waals surface area contributed by atoms with Crippen molar-refractivity contribution in [2.75, 3.05) is 6.54 Å². The minimum Gasteiger partial charge on any atom is -0.311 e. The van der Waals surface area contributed by atoms with Gasteiger partial charge < -0.3 is 5.32 Å². The van der Waals surface area contributed by atoms with Crippen LogP contribution in [0.2, 0.25) is 0 Å². The minimum absolute atomic E-state index is 0.581. The SMILES string of the molecule is C1CCCCC2(CCCC2)NCCC1. The highest BCUT2D eigenvalue weighted by molar-refractivity contribution is 4.92. The molecule has 0 aromatic heterocycles. The van der Waals surface area contributed by atoms with E-state index in [2.05, 4.69) is 5.32 Å². The first-order valence-electron chi connectivity index (χ1n) is 6.66. The first kappa shape index (κ1) is 10.5. The van der Waals surface area contributed by atoms with E-state index in [1.807, 2.05) is 0 Å². The van der Waals surface area contributed by atoms with Crippen molar-refractivity contribution in [3.8, 4) is 0 Å². The van der Waals surface area contributed by atoms with Gasteiger partial charge in [-0.2, -0.15) is 0 Å². The van der Waals surface area contributed by atoms with Gasteiger partial charge in [0.1, 0.15) is 0 Å². The molecule has 0 amide bonds. The predicted octanol–water partition coefficient (Wildman–Crippen LogP) is 3.63. The Labute approximate surface area is 88.7 Å². The Balaban J connectivity index is 1.86. The number of nitrogens with one attached hydrogen (secondary N) is 1. The summed E-state index contributed by atoms with van der Waals surface area (Å²) < 4.78 is 0. The molecule has 1 heteroatoms. The molecule has 1 saturated carbocycles. The molecule has 1 spiro atoms. The van der Waals surface area contributed by atoms with Crippen molar-refractivity contribution >= 4 is 0 Å². The van der Waals surface area contributed by atoms with Crippen LogP contribution in [0.5, 0.6) is 0 Å². The Morgan fingerprint density at radius 3 is 1.79 bits per heavy atom. The van der Waals surface area contributed by atoms with Gasteiger partial charge in [0.2, 0.25) is 0 Å². The predicted molar refractivity (Wildman–Crippen MR) is 61.5 cm³/mol. The molecule has 2 rings (SSSR count). The summed E-state index contributed by atoms with van der Waals surface area (Å²) in [4.78, 5) is 0. The maximum absolute atomic E-state index is 3.86. The summed E-state index contributed by atoms with van der Waals surface area (Å²) >= 11 is 0. The smallest absolute Gasteiger partial charge is 0.0181 e. The zero-order valence-corrected chi connectivity index (χ0v) is 9.49. The van der Waals surface area contributed by atoms with E-state index in [9.17, 15) is 0 Å². The molecular formula is C13H25N. The van der Waals surface area contributed by atoms with Gasteiger partial charge in [-0.1, -0.05) is 44.9 Å². The van der Waals surface area contributed by atoms with Crippen LogP contribution in [0.25, 0.3) is 0 Å². The first-order chi connectivity index (χ1) is 6.91. The minimum atomic E-state index is 0.581. The van der Waals surface area contributed by atoms with Crippen LogP contribution in [-0.2, 0) is 0 Å². The molecule has 2 fully saturated rings. The third-order valence-electron chi connectivity index (χ3n) is 4.14. The second-order valence-corrected chi connectivity index (χ2v) is 5.29. The Hall–Kier alpha value is -0.0400. The summed E-state index contributed by atoms with van der Waals surface area (Å²) in [6.07, 6.45) is 16.0. The summed E-state index contributed by atoms with van der Waals surface area (Å²) in [7, 11) is 0. The van der Waals surface area contributed by atoms with Crippen LogP contribution in [0.15, 0.2) is 0 Å². The number of hydrogen-bond acceptors (Lipinski definition) is 1. The van der Waals surface area contributed by atoms with Crippen LogP contribution in [0.3, 0.4) is 0 Å². The standard InChI is InChI=1S/C13H25N/c1-2-4-8-12-14-13(9-5-3-1)10-6-7-11-13/h14H,1-12H2. The van der Waals surface area contributed by atoms with E-state index in [-0.39, 0.29) is 0 Å². The molecule has 1 nitrogen and oxygen atoms in total. The lowest BCUT2D eigenvalue weighted by molar-refractivity contribution is 0.288. The zero-order valence-electron chi connectivity index (χ0n) is 9.49. The molecule has 1 N–H and O–H groups in total. The van der Waals surface area contributed by atoms with Crippen LogP contribution in [0.4, 0.5) is 0 Å². The highest BCUT2D eigenvalue weighted by atomic mass is 15.0. The van der Waals surface area contributed by atoms with Crippen molar-refractivity contribution in [3.63, 3.8) is 0 Å². The fourth-order valence-corrected chi connectivity index (χ4v) is 3.22. The Kier molecular flexibility index (Phi) is 3.86. The largest absolute Gasteiger partial charge is 0.311 e. The second kappa shape index (κ2) is 5.16. The van der Waals surface area contributed by atoms with E-state index in [4.69, 9.17) is 0 Å². The van der Waals surface area contributed by atoms with Crippen molar-refractivity contribution in [2.45, 2.75) is 76.2 Å². The van der Waals surface area contributed by atoms with Gasteiger partial charge in [-0.15, -0.1) is 0 Å². The van der Waals surface area contributed by atoms with Crippen molar-refractivity contribution in [1.82, 2.24) is 5.32 Å². The first-order valence-corrected chi connectivity index (χ1v) is 6.66. The molecule has 0 aromatic carbocycles. The molecule has 2 aliphatic rings. The van der Waals surface area contributed by atoms with Gasteiger partial charge in [0.05, 0.1) is 0 Å². The summed E-state index contributed by atoms with van der Waals surface area (Å²) in [5, 5.41) is 3.86. The van der Waals surface area contributed by atoms with Gasteiger partial charge in [0.25, 0.3) is 0 Å². The van der Waals surface area contributed by atoms with Crippen molar-refractivity contribution in [3.05, 3.63) is 0 Å². The molecule has 1 heterocycles. The van der Waals surface area contributed by atoms with Gasteiger partial charge in [0.15, 0.2) is 0 Å². The van der Waals surface area contributed by atoms with Gasteiger partial charge in [-0.3, -0.25) is 0 Å². The monoisotopic (exact) mass is 195 g/mol. The zero-order chi connectivity index (χ0) is 9.69. The van der Waals surface area contributed by atoms with Crippen molar-refractivity contribution in [2.24, 2.45) is 0 Å². The average molecular weight is 195 g/mol. The normalized spacial score (nSPS) is 29.1. The van der Waals surface area contributed by atoms with E-state index < -0.39 is 0 Å². The molecule has 0 aromatic rings. The van der Waals surface area contributed by atoms with E-state index in [1.165, 1.54) is 77.2 Å². The van der Waals surface area contributed by atoms with Gasteiger partial charge in [0, 0.05) is 5.54 Å². The lowest BCUT2D eigenvalue weighted by Crippen LogP contribution is -2.43. The quantitative estimate of drug-likeness (QED) is 0.622. The number of hydrogen-bond donors (Lipinski definition) is 1. The average Bonchev–Trinajstić information content (AvgIpc) is 2.66. The Bertz CT molecular complexity index is 147. The maximum Gasteiger partial charge on any atom is 0.0181 e. The third kappa shape index (κ3) is 2.73. The second-order valence-electron chi connectivity index (χ2n) is 5.29. The van der Waals surface area contributed by atoms with E-state index in [1.54, 1.807) is 0 Å². The van der Waals surface area contributed by atoms with Crippen LogP contribution in [-0.4, -0.2) is 12.1 Å². The van der Waals surface area contributed by atoms with Crippen LogP contribution >= 0.6 is 0 Å². The molecule has 1 aliphatic heterocycles. The summed E-state index contributed by atoms with van der Waals surface area (Å²) in [5.74, 6) is 0. The molecule has 14 heavy (non-hydrogen) atoms. The highest BCUT2D eigenvalue weighted by Gasteiger charge is 2.32. The summed E-state index contributed by atoms with van der Waals surface area (Å²) in [6, 6.07) is 0. The molecule has 1 saturated heterocycles. The van der Waals surface area contributed by atoms with Crippen LogP contribution < -0.4 is 5.32 Å². The topological polar surface area (TPSA) is 12.0 Å². The molecule has 0 unspecified atom stereocenters. The molecule has 0 bridgehead atoms. The van der Waals surface area contributed by atoms with Crippen LogP contribution in [0.1, 0.15) is 70.6 Å². The summed E-state index contributed by atoms with van der Waals surface area (Å²) in [6.45, 7) is 1.28. The van der Waals surface area contributed by atoms with Crippen molar-refractivity contribution in [1.29, 1.82) is 0 Å². The van der Waals surface area contributed by atoms with Crippen molar-refractivity contribution < 1.29 is 0 Å². The summed E-state index contributed by atoms with van der Waals surface area (Å²) in [5.41, 5.74) is 0.581. The third-order valence-corrected chi connectivity index (χ3v) is 4.14. The lowest BCUT2D eigenvalue weighted by Gasteiger charge is -2.31. The van der Waals surface area contributed by atoms with Gasteiger partial charge in [-0.05, 0) is 32.2 Å². The molecule has 0 atom stereocenters. The van der Waals surface area contributed by atoms with E-state index >= 15 is 0 Å². The Morgan fingerprint density at radius 2 is 1.07 bits per heavy atom. The highest BCUT2D eigenvalue weighted by Crippen LogP contribution is 2.34.